The molecule has 0 fully saturated rings. The van der Waals surface area contributed by atoms with E-state index in [1.54, 1.807) is 13.2 Å². The topological polar surface area (TPSA) is 63.5 Å². The van der Waals surface area contributed by atoms with Gasteiger partial charge in [0.15, 0.2) is 5.96 Å². The van der Waals surface area contributed by atoms with Gasteiger partial charge in [0, 0.05) is 32.5 Å². The highest BCUT2D eigenvalue weighted by Gasteiger charge is 2.08. The second-order valence-corrected chi connectivity index (χ2v) is 8.12. The Bertz CT molecular complexity index is 937. The number of aliphatic imine (C=N–C) groups is 1. The fraction of sp³-hybridized carbons (Fsp3) is 0.360. The van der Waals surface area contributed by atoms with Crippen molar-refractivity contribution in [3.63, 3.8) is 0 Å². The van der Waals surface area contributed by atoms with Gasteiger partial charge in [-0.05, 0) is 41.7 Å². The quantitative estimate of drug-likeness (QED) is 0.225. The van der Waals surface area contributed by atoms with Gasteiger partial charge >= 0.3 is 0 Å². The Morgan fingerprint density at radius 1 is 1.03 bits per heavy atom. The molecule has 6 nitrogen and oxygen atoms in total. The summed E-state index contributed by atoms with van der Waals surface area (Å²) in [5.41, 5.74) is 3.64. The Labute approximate surface area is 208 Å². The molecule has 0 aliphatic carbocycles. The first-order valence-corrected chi connectivity index (χ1v) is 10.8. The average Bonchev–Trinajstić information content (AvgIpc) is 3.29. The van der Waals surface area contributed by atoms with E-state index in [1.807, 2.05) is 24.7 Å². The number of rotatable bonds is 9. The van der Waals surface area contributed by atoms with Gasteiger partial charge in [0.1, 0.15) is 5.75 Å². The van der Waals surface area contributed by atoms with E-state index in [-0.39, 0.29) is 30.0 Å². The number of ether oxygens (including phenoxy) is 1. The van der Waals surface area contributed by atoms with E-state index in [0.29, 0.717) is 12.5 Å². The molecule has 0 amide bonds. The standard InChI is InChI=1S/C25H33N5O.HI/c1-19(2)17-31-24-11-9-23(10-12-24)20(3)29-25(26-4)28-15-21-5-7-22(8-6-21)16-30-14-13-27-18-30;/h5-14,18-20H,15-17H2,1-4H3,(H2,26,28,29);1H. The molecule has 3 rings (SSSR count). The number of nitrogens with one attached hydrogen (secondary N) is 2. The molecule has 1 heterocycles. The van der Waals surface area contributed by atoms with E-state index in [4.69, 9.17) is 4.74 Å². The number of guanidine groups is 1. The number of halogens is 1. The maximum absolute atomic E-state index is 5.77. The Morgan fingerprint density at radius 3 is 2.31 bits per heavy atom. The van der Waals surface area contributed by atoms with Gasteiger partial charge in [0.25, 0.3) is 0 Å². The zero-order valence-corrected chi connectivity index (χ0v) is 21.6. The minimum atomic E-state index is 0. The molecule has 0 radical (unpaired) electrons. The fourth-order valence-corrected chi connectivity index (χ4v) is 3.14. The van der Waals surface area contributed by atoms with Crippen molar-refractivity contribution in [2.24, 2.45) is 10.9 Å². The lowest BCUT2D eigenvalue weighted by Crippen LogP contribution is -2.38. The van der Waals surface area contributed by atoms with Crippen LogP contribution in [0.2, 0.25) is 0 Å². The van der Waals surface area contributed by atoms with Crippen molar-refractivity contribution in [1.82, 2.24) is 20.2 Å². The predicted octanol–water partition coefficient (Wildman–Crippen LogP) is 5.01. The third-order valence-electron chi connectivity index (χ3n) is 4.95. The minimum absolute atomic E-state index is 0. The normalized spacial score (nSPS) is 12.2. The summed E-state index contributed by atoms with van der Waals surface area (Å²) in [7, 11) is 1.79. The summed E-state index contributed by atoms with van der Waals surface area (Å²) in [5.74, 6) is 2.20. The zero-order chi connectivity index (χ0) is 22.1. The van der Waals surface area contributed by atoms with Gasteiger partial charge in [-0.25, -0.2) is 4.98 Å². The van der Waals surface area contributed by atoms with Gasteiger partial charge in [-0.1, -0.05) is 50.2 Å². The summed E-state index contributed by atoms with van der Waals surface area (Å²) in [4.78, 5) is 8.45. The van der Waals surface area contributed by atoms with Crippen molar-refractivity contribution < 1.29 is 4.74 Å². The third-order valence-corrected chi connectivity index (χ3v) is 4.95. The van der Waals surface area contributed by atoms with Crippen LogP contribution >= 0.6 is 24.0 Å². The molecule has 172 valence electrons. The molecule has 2 N–H and O–H groups in total. The van der Waals surface area contributed by atoms with Crippen LogP contribution in [0.3, 0.4) is 0 Å². The molecule has 32 heavy (non-hydrogen) atoms. The van der Waals surface area contributed by atoms with Crippen LogP contribution in [0.15, 0.2) is 72.2 Å². The number of aromatic nitrogens is 2. The first-order valence-electron chi connectivity index (χ1n) is 10.8. The predicted molar refractivity (Wildman–Crippen MR) is 142 cm³/mol. The van der Waals surface area contributed by atoms with Gasteiger partial charge < -0.3 is 19.9 Å². The largest absolute Gasteiger partial charge is 0.493 e. The van der Waals surface area contributed by atoms with Crippen LogP contribution in [0.4, 0.5) is 0 Å². The van der Waals surface area contributed by atoms with Crippen molar-refractivity contribution in [2.45, 2.75) is 39.9 Å². The van der Waals surface area contributed by atoms with Gasteiger partial charge in [-0.15, -0.1) is 24.0 Å². The Morgan fingerprint density at radius 2 is 1.72 bits per heavy atom. The number of imidazole rings is 1. The molecule has 1 atom stereocenters. The van der Waals surface area contributed by atoms with Crippen LogP contribution < -0.4 is 15.4 Å². The first-order chi connectivity index (χ1) is 15.0. The first kappa shape index (κ1) is 25.7. The van der Waals surface area contributed by atoms with Gasteiger partial charge in [-0.2, -0.15) is 0 Å². The van der Waals surface area contributed by atoms with Crippen LogP contribution in [-0.2, 0) is 13.1 Å². The number of hydrogen-bond donors (Lipinski definition) is 2. The van der Waals surface area contributed by atoms with Gasteiger partial charge in [0.2, 0.25) is 0 Å². The summed E-state index contributed by atoms with van der Waals surface area (Å²) in [5, 5.41) is 6.85. The molecule has 2 aromatic carbocycles. The molecule has 0 saturated heterocycles. The second-order valence-electron chi connectivity index (χ2n) is 8.12. The van der Waals surface area contributed by atoms with E-state index in [1.165, 1.54) is 16.7 Å². The molecule has 0 aliphatic rings. The molecular formula is C25H34IN5O. The summed E-state index contributed by atoms with van der Waals surface area (Å²) in [6.45, 7) is 8.69. The fourth-order valence-electron chi connectivity index (χ4n) is 3.14. The summed E-state index contributed by atoms with van der Waals surface area (Å²) in [6.07, 6.45) is 5.60. The van der Waals surface area contributed by atoms with Gasteiger partial charge in [-0.3, -0.25) is 4.99 Å². The lowest BCUT2D eigenvalue weighted by molar-refractivity contribution is 0.271. The maximum Gasteiger partial charge on any atom is 0.191 e. The molecule has 0 aliphatic heterocycles. The summed E-state index contributed by atoms with van der Waals surface area (Å²) >= 11 is 0. The minimum Gasteiger partial charge on any atom is -0.493 e. The van der Waals surface area contributed by atoms with Crippen molar-refractivity contribution in [3.8, 4) is 5.75 Å². The number of nitrogens with zero attached hydrogens (tertiary/aromatic N) is 3. The third kappa shape index (κ3) is 8.18. The van der Waals surface area contributed by atoms with Crippen LogP contribution in [0.5, 0.6) is 5.75 Å². The van der Waals surface area contributed by atoms with Crippen molar-refractivity contribution in [3.05, 3.63) is 83.9 Å². The van der Waals surface area contributed by atoms with Crippen LogP contribution in [0.25, 0.3) is 0 Å². The van der Waals surface area contributed by atoms with Crippen molar-refractivity contribution in [2.75, 3.05) is 13.7 Å². The summed E-state index contributed by atoms with van der Waals surface area (Å²) < 4.78 is 7.83. The van der Waals surface area contributed by atoms with Crippen molar-refractivity contribution >= 4 is 29.9 Å². The Hall–Kier alpha value is -2.55. The monoisotopic (exact) mass is 547 g/mol. The lowest BCUT2D eigenvalue weighted by atomic mass is 10.1. The van der Waals surface area contributed by atoms with Crippen LogP contribution in [-0.4, -0.2) is 29.2 Å². The molecule has 1 unspecified atom stereocenters. The second kappa shape index (κ2) is 13.1. The summed E-state index contributed by atoms with van der Waals surface area (Å²) in [6, 6.07) is 17.0. The Kier molecular flexibility index (Phi) is 10.5. The Balaban J connectivity index is 0.00000363. The average molecular weight is 547 g/mol. The van der Waals surface area contributed by atoms with E-state index in [2.05, 4.69) is 82.3 Å². The zero-order valence-electron chi connectivity index (χ0n) is 19.3. The molecule has 0 saturated carbocycles. The molecule has 3 aromatic rings. The van der Waals surface area contributed by atoms with E-state index in [0.717, 1.165) is 24.9 Å². The molecule has 1 aromatic heterocycles. The highest BCUT2D eigenvalue weighted by atomic mass is 127. The van der Waals surface area contributed by atoms with Crippen LogP contribution in [0.1, 0.15) is 43.5 Å². The SMILES string of the molecule is CN=C(NCc1ccc(Cn2ccnc2)cc1)NC(C)c1ccc(OCC(C)C)cc1.I. The highest BCUT2D eigenvalue weighted by molar-refractivity contribution is 14.0. The van der Waals surface area contributed by atoms with E-state index in [9.17, 15) is 0 Å². The van der Waals surface area contributed by atoms with Crippen LogP contribution in [0, 0.1) is 5.92 Å². The number of hydrogen-bond acceptors (Lipinski definition) is 3. The van der Waals surface area contributed by atoms with E-state index >= 15 is 0 Å². The molecular weight excluding hydrogens is 513 g/mol. The van der Waals surface area contributed by atoms with E-state index < -0.39 is 0 Å². The number of benzene rings is 2. The van der Waals surface area contributed by atoms with Gasteiger partial charge in [0.05, 0.1) is 19.0 Å². The maximum atomic E-state index is 5.77. The lowest BCUT2D eigenvalue weighted by Gasteiger charge is -2.19. The molecule has 0 bridgehead atoms. The molecule has 7 heteroatoms. The highest BCUT2D eigenvalue weighted by Crippen LogP contribution is 2.18. The van der Waals surface area contributed by atoms with Crippen molar-refractivity contribution in [1.29, 1.82) is 0 Å². The molecule has 0 spiro atoms. The smallest absolute Gasteiger partial charge is 0.191 e.